The van der Waals surface area contributed by atoms with Crippen LogP contribution in [0.1, 0.15) is 17.7 Å². The molecule has 1 N–H and O–H groups in total. The monoisotopic (exact) mass is 282 g/mol. The van der Waals surface area contributed by atoms with Crippen molar-refractivity contribution >= 4 is 27.7 Å². The Kier molecular flexibility index (Phi) is 4.83. The zero-order valence-corrected chi connectivity index (χ0v) is 12.3. The summed E-state index contributed by atoms with van der Waals surface area (Å²) >= 11 is 1.76. The van der Waals surface area contributed by atoms with Crippen LogP contribution < -0.4 is 5.32 Å². The van der Waals surface area contributed by atoms with E-state index in [1.54, 1.807) is 18.0 Å². The molecule has 1 heterocycles. The maximum Gasteiger partial charge on any atom is 0.157 e. The van der Waals surface area contributed by atoms with Crippen molar-refractivity contribution < 1.29 is 4.21 Å². The molecular formula is C13H18N2OS2. The standard InChI is InChI=1S/C13H18N2OS2/c1-10(9-18(2)16)15-13-14-8-12(17-13)11-6-4-3-5-7-11/h3-7,10,12H,8-9H2,1-2H3,(H,14,15). The molecule has 0 fully saturated rings. The van der Waals surface area contributed by atoms with Gasteiger partial charge in [0.25, 0.3) is 0 Å². The molecule has 2 rings (SSSR count). The van der Waals surface area contributed by atoms with Crippen LogP contribution in [0.2, 0.25) is 0 Å². The lowest BCUT2D eigenvalue weighted by molar-refractivity contribution is 0.672. The van der Waals surface area contributed by atoms with Crippen molar-refractivity contribution in [1.82, 2.24) is 5.32 Å². The van der Waals surface area contributed by atoms with Gasteiger partial charge in [0.2, 0.25) is 0 Å². The lowest BCUT2D eigenvalue weighted by Gasteiger charge is -2.14. The minimum absolute atomic E-state index is 0.205. The van der Waals surface area contributed by atoms with E-state index in [2.05, 4.69) is 34.6 Å². The summed E-state index contributed by atoms with van der Waals surface area (Å²) in [6.07, 6.45) is 1.73. The summed E-state index contributed by atoms with van der Waals surface area (Å²) in [5.41, 5.74) is 1.31. The Labute approximate surface area is 115 Å². The molecule has 18 heavy (non-hydrogen) atoms. The van der Waals surface area contributed by atoms with Crippen LogP contribution in [-0.4, -0.2) is 34.0 Å². The summed E-state index contributed by atoms with van der Waals surface area (Å²) in [7, 11) is -0.767. The van der Waals surface area contributed by atoms with E-state index in [9.17, 15) is 4.21 Å². The topological polar surface area (TPSA) is 41.5 Å². The van der Waals surface area contributed by atoms with E-state index in [0.717, 1.165) is 11.7 Å². The van der Waals surface area contributed by atoms with Crippen LogP contribution in [0, 0.1) is 0 Å². The number of rotatable bonds is 4. The first-order valence-corrected chi connectivity index (χ1v) is 8.58. The summed E-state index contributed by atoms with van der Waals surface area (Å²) < 4.78 is 11.1. The summed E-state index contributed by atoms with van der Waals surface area (Å²) in [6, 6.07) is 10.6. The van der Waals surface area contributed by atoms with Gasteiger partial charge in [0.05, 0.1) is 11.8 Å². The second kappa shape index (κ2) is 6.38. The third kappa shape index (κ3) is 3.85. The minimum Gasteiger partial charge on any atom is -0.362 e. The van der Waals surface area contributed by atoms with E-state index < -0.39 is 10.8 Å². The zero-order valence-electron chi connectivity index (χ0n) is 10.6. The van der Waals surface area contributed by atoms with Crippen molar-refractivity contribution in [2.75, 3.05) is 18.6 Å². The second-order valence-corrected chi connectivity index (χ2v) is 7.12. The number of benzene rings is 1. The maximum absolute atomic E-state index is 11.1. The van der Waals surface area contributed by atoms with Crippen LogP contribution in [0.3, 0.4) is 0 Å². The molecule has 3 unspecified atom stereocenters. The van der Waals surface area contributed by atoms with Crippen molar-refractivity contribution in [3.05, 3.63) is 35.9 Å². The van der Waals surface area contributed by atoms with Crippen LogP contribution in [0.15, 0.2) is 35.3 Å². The van der Waals surface area contributed by atoms with Crippen LogP contribution in [0.25, 0.3) is 0 Å². The Bertz CT molecular complexity index is 448. The fourth-order valence-corrected chi connectivity index (χ4v) is 3.82. The van der Waals surface area contributed by atoms with Gasteiger partial charge in [0.1, 0.15) is 0 Å². The summed E-state index contributed by atoms with van der Waals surface area (Å²) in [4.78, 5) is 4.51. The van der Waals surface area contributed by atoms with Gasteiger partial charge < -0.3 is 5.32 Å². The van der Waals surface area contributed by atoms with Gasteiger partial charge in [-0.25, -0.2) is 0 Å². The van der Waals surface area contributed by atoms with Crippen molar-refractivity contribution in [1.29, 1.82) is 0 Å². The van der Waals surface area contributed by atoms with Gasteiger partial charge in [-0.3, -0.25) is 9.20 Å². The molecule has 0 saturated heterocycles. The predicted molar refractivity (Wildman–Crippen MR) is 80.6 cm³/mol. The highest BCUT2D eigenvalue weighted by Gasteiger charge is 2.22. The smallest absolute Gasteiger partial charge is 0.157 e. The Balaban J connectivity index is 1.86. The van der Waals surface area contributed by atoms with Gasteiger partial charge in [-0.05, 0) is 12.5 Å². The summed E-state index contributed by atoms with van der Waals surface area (Å²) in [5.74, 6) is 0.662. The summed E-state index contributed by atoms with van der Waals surface area (Å²) in [6.45, 7) is 2.86. The number of aliphatic imine (C=N–C) groups is 1. The molecule has 1 aliphatic heterocycles. The second-order valence-electron chi connectivity index (χ2n) is 4.45. The molecule has 1 aliphatic rings. The van der Waals surface area contributed by atoms with E-state index >= 15 is 0 Å². The van der Waals surface area contributed by atoms with Gasteiger partial charge >= 0.3 is 0 Å². The van der Waals surface area contributed by atoms with Gasteiger partial charge in [0, 0.05) is 28.9 Å². The third-order valence-corrected chi connectivity index (χ3v) is 4.83. The molecule has 0 aromatic heterocycles. The highest BCUT2D eigenvalue weighted by atomic mass is 32.2. The number of nitrogens with zero attached hydrogens (tertiary/aromatic N) is 1. The van der Waals surface area contributed by atoms with Gasteiger partial charge in [0.15, 0.2) is 5.17 Å². The molecule has 98 valence electrons. The molecular weight excluding hydrogens is 264 g/mol. The normalized spacial score (nSPS) is 22.3. The molecule has 0 radical (unpaired) electrons. The van der Waals surface area contributed by atoms with Gasteiger partial charge in [-0.15, -0.1) is 0 Å². The number of amidine groups is 1. The number of nitrogens with one attached hydrogen (secondary N) is 1. The molecule has 5 heteroatoms. The van der Waals surface area contributed by atoms with Gasteiger partial charge in [-0.1, -0.05) is 42.1 Å². The first-order valence-electron chi connectivity index (χ1n) is 5.98. The SMILES string of the molecule is CC(CS(C)=O)NC1=NCC(c2ccccc2)S1. The molecule has 3 nitrogen and oxygen atoms in total. The van der Waals surface area contributed by atoms with Crippen molar-refractivity contribution in [3.63, 3.8) is 0 Å². The average Bonchev–Trinajstić information content (AvgIpc) is 2.77. The quantitative estimate of drug-likeness (QED) is 0.920. The zero-order chi connectivity index (χ0) is 13.0. The lowest BCUT2D eigenvalue weighted by atomic mass is 10.1. The number of hydrogen-bond donors (Lipinski definition) is 1. The van der Waals surface area contributed by atoms with Gasteiger partial charge in [-0.2, -0.15) is 0 Å². The minimum atomic E-state index is -0.767. The number of hydrogen-bond acceptors (Lipinski definition) is 4. The largest absolute Gasteiger partial charge is 0.362 e. The van der Waals surface area contributed by atoms with Crippen molar-refractivity contribution in [2.24, 2.45) is 4.99 Å². The lowest BCUT2D eigenvalue weighted by Crippen LogP contribution is -2.34. The molecule has 1 aromatic carbocycles. The first kappa shape index (κ1) is 13.6. The van der Waals surface area contributed by atoms with Crippen molar-refractivity contribution in [3.8, 4) is 0 Å². The van der Waals surface area contributed by atoms with Crippen LogP contribution in [-0.2, 0) is 10.8 Å². The fraction of sp³-hybridized carbons (Fsp3) is 0.462. The molecule has 3 atom stereocenters. The van der Waals surface area contributed by atoms with E-state index in [1.165, 1.54) is 5.56 Å². The summed E-state index contributed by atoms with van der Waals surface area (Å²) in [5, 5.41) is 4.71. The molecule has 0 aliphatic carbocycles. The Hall–Kier alpha value is -0.810. The average molecular weight is 282 g/mol. The Morgan fingerprint density at radius 3 is 2.89 bits per heavy atom. The van der Waals surface area contributed by atoms with E-state index in [0.29, 0.717) is 11.0 Å². The maximum atomic E-state index is 11.1. The molecule has 0 amide bonds. The Morgan fingerprint density at radius 1 is 1.50 bits per heavy atom. The number of thioether (sulfide) groups is 1. The third-order valence-electron chi connectivity index (χ3n) is 2.68. The first-order chi connectivity index (χ1) is 8.65. The molecule has 0 bridgehead atoms. The predicted octanol–water partition coefficient (Wildman–Crippen LogP) is 2.19. The highest BCUT2D eigenvalue weighted by Crippen LogP contribution is 2.34. The Morgan fingerprint density at radius 2 is 2.22 bits per heavy atom. The van der Waals surface area contributed by atoms with Crippen molar-refractivity contribution in [2.45, 2.75) is 18.2 Å². The fourth-order valence-electron chi connectivity index (χ4n) is 1.90. The molecule has 1 aromatic rings. The van der Waals surface area contributed by atoms with Crippen LogP contribution in [0.5, 0.6) is 0 Å². The van der Waals surface area contributed by atoms with E-state index in [-0.39, 0.29) is 6.04 Å². The highest BCUT2D eigenvalue weighted by molar-refractivity contribution is 8.14. The van der Waals surface area contributed by atoms with Crippen LogP contribution in [0.4, 0.5) is 0 Å². The van der Waals surface area contributed by atoms with E-state index in [4.69, 9.17) is 0 Å². The van der Waals surface area contributed by atoms with E-state index in [1.807, 2.05) is 13.0 Å². The molecule has 0 spiro atoms. The molecule has 0 saturated carbocycles. The van der Waals surface area contributed by atoms with Crippen LogP contribution >= 0.6 is 11.8 Å².